The van der Waals surface area contributed by atoms with Gasteiger partial charge < -0.3 is 10.2 Å². The summed E-state index contributed by atoms with van der Waals surface area (Å²) >= 11 is 0. The van der Waals surface area contributed by atoms with E-state index in [-0.39, 0.29) is 29.2 Å². The fourth-order valence-electron chi connectivity index (χ4n) is 4.72. The summed E-state index contributed by atoms with van der Waals surface area (Å²) in [7, 11) is 0. The van der Waals surface area contributed by atoms with Crippen molar-refractivity contribution in [3.05, 3.63) is 59.4 Å². The Kier molecular flexibility index (Phi) is 4.87. The van der Waals surface area contributed by atoms with Crippen LogP contribution in [0.25, 0.3) is 0 Å². The largest absolute Gasteiger partial charge is 0.353 e. The summed E-state index contributed by atoms with van der Waals surface area (Å²) in [6.45, 7) is 5.36. The predicted octanol–water partition coefficient (Wildman–Crippen LogP) is 2.66. The van der Waals surface area contributed by atoms with Gasteiger partial charge in [0, 0.05) is 24.5 Å². The normalized spacial score (nSPS) is 20.2. The van der Waals surface area contributed by atoms with Crippen LogP contribution in [0.2, 0.25) is 0 Å². The zero-order valence-corrected chi connectivity index (χ0v) is 16.4. The quantitative estimate of drug-likeness (QED) is 0.891. The highest BCUT2D eigenvalue weighted by atomic mass is 16.2. The van der Waals surface area contributed by atoms with Crippen molar-refractivity contribution >= 4 is 11.8 Å². The number of nitrogens with one attached hydrogen (secondary N) is 1. The van der Waals surface area contributed by atoms with Crippen LogP contribution >= 0.6 is 0 Å². The molecule has 28 heavy (non-hydrogen) atoms. The number of carbonyl (C=O) groups excluding carboxylic acids is 2. The maximum Gasteiger partial charge on any atom is 0.255 e. The fourth-order valence-corrected chi connectivity index (χ4v) is 4.72. The first-order chi connectivity index (χ1) is 13.5. The second-order valence-electron chi connectivity index (χ2n) is 8.21. The van der Waals surface area contributed by atoms with Crippen molar-refractivity contribution in [2.24, 2.45) is 0 Å². The molecule has 146 valence electrons. The molecule has 4 rings (SSSR count). The number of nitrogens with zero attached hydrogens (tertiary/aromatic N) is 3. The van der Waals surface area contributed by atoms with E-state index in [2.05, 4.69) is 33.7 Å². The number of fused-ring (bicyclic) bond motifs is 2. The number of hydrogen-bond donors (Lipinski definition) is 1. The number of hydrogen-bond acceptors (Lipinski definition) is 4. The summed E-state index contributed by atoms with van der Waals surface area (Å²) in [6.07, 6.45) is 5.64. The van der Waals surface area contributed by atoms with Crippen molar-refractivity contribution in [3.63, 3.8) is 0 Å². The van der Waals surface area contributed by atoms with Crippen LogP contribution in [0.15, 0.2) is 42.7 Å². The number of benzene rings is 1. The molecule has 1 atom stereocenters. The van der Waals surface area contributed by atoms with Crippen LogP contribution in [0.4, 0.5) is 0 Å². The highest BCUT2D eigenvalue weighted by Crippen LogP contribution is 2.51. The van der Waals surface area contributed by atoms with Gasteiger partial charge in [-0.2, -0.15) is 10.2 Å². The molecule has 1 spiro atoms. The van der Waals surface area contributed by atoms with E-state index in [0.717, 1.165) is 24.8 Å². The Morgan fingerprint density at radius 2 is 1.89 bits per heavy atom. The first kappa shape index (κ1) is 18.6. The Morgan fingerprint density at radius 3 is 2.57 bits per heavy atom. The molecule has 1 fully saturated rings. The van der Waals surface area contributed by atoms with Crippen molar-refractivity contribution in [1.82, 2.24) is 20.4 Å². The molecule has 1 N–H and O–H groups in total. The van der Waals surface area contributed by atoms with Gasteiger partial charge in [-0.3, -0.25) is 9.59 Å². The van der Waals surface area contributed by atoms with Gasteiger partial charge in [-0.25, -0.2) is 0 Å². The lowest BCUT2D eigenvalue weighted by Gasteiger charge is -2.40. The van der Waals surface area contributed by atoms with Gasteiger partial charge in [0.2, 0.25) is 5.91 Å². The van der Waals surface area contributed by atoms with E-state index in [1.165, 1.54) is 11.8 Å². The molecular formula is C22H26N4O2. The van der Waals surface area contributed by atoms with Gasteiger partial charge in [0.15, 0.2) is 0 Å². The van der Waals surface area contributed by atoms with E-state index in [1.54, 1.807) is 12.3 Å². The average molecular weight is 378 g/mol. The Bertz CT molecular complexity index is 873. The Labute approximate surface area is 165 Å². The minimum atomic E-state index is -0.106. The third-order valence-electron chi connectivity index (χ3n) is 6.09. The predicted molar refractivity (Wildman–Crippen MR) is 106 cm³/mol. The molecule has 2 aliphatic rings. The first-order valence-electron chi connectivity index (χ1n) is 9.96. The van der Waals surface area contributed by atoms with E-state index >= 15 is 0 Å². The molecule has 1 unspecified atom stereocenters. The minimum absolute atomic E-state index is 0.00475. The van der Waals surface area contributed by atoms with Crippen LogP contribution in [-0.4, -0.2) is 46.0 Å². The lowest BCUT2D eigenvalue weighted by molar-refractivity contribution is -0.123. The molecule has 1 saturated heterocycles. The molecular weight excluding hydrogens is 352 g/mol. The van der Waals surface area contributed by atoms with Crippen molar-refractivity contribution in [2.45, 2.75) is 50.5 Å². The fraction of sp³-hybridized carbons (Fsp3) is 0.455. The molecule has 0 saturated carbocycles. The lowest BCUT2D eigenvalue weighted by atomic mass is 9.73. The Balaban J connectivity index is 1.53. The molecule has 6 heteroatoms. The van der Waals surface area contributed by atoms with Gasteiger partial charge in [-0.05, 0) is 50.3 Å². The van der Waals surface area contributed by atoms with Crippen LogP contribution in [0.1, 0.15) is 60.5 Å². The van der Waals surface area contributed by atoms with Crippen LogP contribution in [0.3, 0.4) is 0 Å². The molecule has 0 bridgehead atoms. The molecule has 2 heterocycles. The zero-order chi connectivity index (χ0) is 19.7. The third kappa shape index (κ3) is 3.28. The second kappa shape index (κ2) is 7.34. The number of carbonyl (C=O) groups is 2. The molecule has 2 aromatic rings. The topological polar surface area (TPSA) is 75.2 Å². The number of aromatic nitrogens is 2. The third-order valence-corrected chi connectivity index (χ3v) is 6.09. The van der Waals surface area contributed by atoms with Crippen LogP contribution in [-0.2, 0) is 10.2 Å². The van der Waals surface area contributed by atoms with Gasteiger partial charge in [-0.1, -0.05) is 24.3 Å². The van der Waals surface area contributed by atoms with Gasteiger partial charge in [0.25, 0.3) is 5.91 Å². The number of rotatable bonds is 3. The summed E-state index contributed by atoms with van der Waals surface area (Å²) in [5.41, 5.74) is 2.99. The summed E-state index contributed by atoms with van der Waals surface area (Å²) in [5.74, 6) is 0.0103. The molecule has 1 aliphatic heterocycles. The molecule has 1 aliphatic carbocycles. The Morgan fingerprint density at radius 1 is 1.14 bits per heavy atom. The summed E-state index contributed by atoms with van der Waals surface area (Å²) in [4.78, 5) is 27.4. The first-order valence-corrected chi connectivity index (χ1v) is 9.96. The summed E-state index contributed by atoms with van der Waals surface area (Å²) in [5, 5.41) is 10.6. The lowest BCUT2D eigenvalue weighted by Crippen LogP contribution is -2.45. The maximum atomic E-state index is 12.8. The van der Waals surface area contributed by atoms with E-state index in [1.807, 2.05) is 24.8 Å². The van der Waals surface area contributed by atoms with Crippen LogP contribution in [0, 0.1) is 0 Å². The van der Waals surface area contributed by atoms with Crippen molar-refractivity contribution in [2.75, 3.05) is 13.1 Å². The van der Waals surface area contributed by atoms with Crippen molar-refractivity contribution < 1.29 is 9.59 Å². The SMILES string of the molecule is CC(C)NC(=O)C1CC2(CCN(C(=O)c3ccnnc3)CC2)c2ccccc21. The number of amides is 2. The standard InChI is InChI=1S/C22H26N4O2/c1-15(2)25-20(27)18-13-22(19-6-4-3-5-17(18)19)8-11-26(12-9-22)21(28)16-7-10-23-24-14-16/h3-7,10,14-15,18H,8-9,11-13H2,1-2H3,(H,25,27). The zero-order valence-electron chi connectivity index (χ0n) is 16.4. The van der Waals surface area contributed by atoms with Gasteiger partial charge in [-0.15, -0.1) is 0 Å². The molecule has 6 nitrogen and oxygen atoms in total. The monoisotopic (exact) mass is 378 g/mol. The molecule has 1 aromatic carbocycles. The summed E-state index contributed by atoms with van der Waals surface area (Å²) in [6, 6.07) is 10.2. The maximum absolute atomic E-state index is 12.8. The summed E-state index contributed by atoms with van der Waals surface area (Å²) < 4.78 is 0. The van der Waals surface area contributed by atoms with Crippen LogP contribution < -0.4 is 5.32 Å². The van der Waals surface area contributed by atoms with E-state index in [0.29, 0.717) is 18.7 Å². The van der Waals surface area contributed by atoms with E-state index in [4.69, 9.17) is 0 Å². The number of likely N-dealkylation sites (tertiary alicyclic amines) is 1. The molecule has 0 radical (unpaired) electrons. The van der Waals surface area contributed by atoms with Crippen molar-refractivity contribution in [3.8, 4) is 0 Å². The minimum Gasteiger partial charge on any atom is -0.353 e. The average Bonchev–Trinajstić information content (AvgIpc) is 3.03. The van der Waals surface area contributed by atoms with E-state index < -0.39 is 0 Å². The smallest absolute Gasteiger partial charge is 0.255 e. The van der Waals surface area contributed by atoms with Gasteiger partial charge in [0.05, 0.1) is 23.9 Å². The highest BCUT2D eigenvalue weighted by Gasteiger charge is 2.47. The molecule has 1 aromatic heterocycles. The van der Waals surface area contributed by atoms with E-state index in [9.17, 15) is 9.59 Å². The van der Waals surface area contributed by atoms with Crippen LogP contribution in [0.5, 0.6) is 0 Å². The number of piperidine rings is 1. The van der Waals surface area contributed by atoms with Gasteiger partial charge >= 0.3 is 0 Å². The highest BCUT2D eigenvalue weighted by molar-refractivity contribution is 5.94. The Hall–Kier alpha value is -2.76. The second-order valence-corrected chi connectivity index (χ2v) is 8.21. The van der Waals surface area contributed by atoms with Gasteiger partial charge in [0.1, 0.15) is 0 Å². The molecule has 2 amide bonds. The van der Waals surface area contributed by atoms with Crippen molar-refractivity contribution in [1.29, 1.82) is 0 Å².